The molecule has 0 fully saturated rings. The van der Waals surface area contributed by atoms with Gasteiger partial charge in [0, 0.05) is 28.5 Å². The average molecular weight is 422 g/mol. The zero-order valence-corrected chi connectivity index (χ0v) is 16.4. The Morgan fingerprint density at radius 1 is 1.22 bits per heavy atom. The lowest BCUT2D eigenvalue weighted by molar-refractivity contribution is -0.384. The monoisotopic (exact) mass is 421 g/mol. The summed E-state index contributed by atoms with van der Waals surface area (Å²) in [7, 11) is 0. The van der Waals surface area contributed by atoms with Gasteiger partial charge in [0.25, 0.3) is 11.6 Å². The van der Waals surface area contributed by atoms with Crippen LogP contribution in [0.25, 0.3) is 0 Å². The van der Waals surface area contributed by atoms with E-state index >= 15 is 0 Å². The Labute approximate surface area is 168 Å². The molecule has 6 nitrogen and oxygen atoms in total. The lowest BCUT2D eigenvalue weighted by atomic mass is 10.1. The van der Waals surface area contributed by atoms with Crippen LogP contribution in [0.4, 0.5) is 10.8 Å². The van der Waals surface area contributed by atoms with Crippen LogP contribution in [-0.2, 0) is 6.42 Å². The van der Waals surface area contributed by atoms with Crippen molar-refractivity contribution in [3.8, 4) is 0 Å². The van der Waals surface area contributed by atoms with Gasteiger partial charge in [-0.2, -0.15) is 0 Å². The molecule has 1 heterocycles. The summed E-state index contributed by atoms with van der Waals surface area (Å²) in [5.41, 5.74) is 1.73. The van der Waals surface area contributed by atoms with Crippen molar-refractivity contribution in [1.29, 1.82) is 0 Å². The lowest BCUT2D eigenvalue weighted by Crippen LogP contribution is -2.12. The highest BCUT2D eigenvalue weighted by molar-refractivity contribution is 7.15. The van der Waals surface area contributed by atoms with Crippen LogP contribution in [0.2, 0.25) is 10.0 Å². The molecule has 1 N–H and O–H groups in total. The van der Waals surface area contributed by atoms with E-state index in [0.717, 1.165) is 22.2 Å². The number of hydrogen-bond donors (Lipinski definition) is 1. The number of aromatic nitrogens is 1. The number of thiazole rings is 1. The first-order valence-electron chi connectivity index (χ1n) is 7.80. The fraction of sp³-hybridized carbons (Fsp3) is 0.111. The third-order valence-electron chi connectivity index (χ3n) is 3.83. The molecule has 0 saturated heterocycles. The van der Waals surface area contributed by atoms with E-state index in [1.807, 2.05) is 31.2 Å². The number of benzene rings is 2. The molecule has 0 aliphatic heterocycles. The SMILES string of the molecule is Cc1nc(NC(=O)c2ccc([N+](=O)[O-])cc2Cl)sc1Cc1ccccc1Cl. The number of non-ortho nitro benzene ring substituents is 1. The highest BCUT2D eigenvalue weighted by atomic mass is 35.5. The highest BCUT2D eigenvalue weighted by Crippen LogP contribution is 2.29. The van der Waals surface area contributed by atoms with Crippen LogP contribution in [0.1, 0.15) is 26.5 Å². The maximum absolute atomic E-state index is 12.4. The maximum Gasteiger partial charge on any atom is 0.270 e. The van der Waals surface area contributed by atoms with Crippen molar-refractivity contribution in [2.45, 2.75) is 13.3 Å². The number of anilines is 1. The van der Waals surface area contributed by atoms with Crippen LogP contribution in [0, 0.1) is 17.0 Å². The van der Waals surface area contributed by atoms with E-state index in [4.69, 9.17) is 23.2 Å². The fourth-order valence-corrected chi connectivity index (χ4v) is 3.87. The highest BCUT2D eigenvalue weighted by Gasteiger charge is 2.17. The second kappa shape index (κ2) is 8.04. The third kappa shape index (κ3) is 4.44. The Morgan fingerprint density at radius 2 is 1.96 bits per heavy atom. The molecular weight excluding hydrogens is 409 g/mol. The first kappa shape index (κ1) is 19.3. The number of amides is 1. The van der Waals surface area contributed by atoms with Gasteiger partial charge >= 0.3 is 0 Å². The molecule has 0 aliphatic carbocycles. The van der Waals surface area contributed by atoms with E-state index < -0.39 is 10.8 Å². The summed E-state index contributed by atoms with van der Waals surface area (Å²) in [6.07, 6.45) is 0.608. The molecule has 0 bridgehead atoms. The van der Waals surface area contributed by atoms with Gasteiger partial charge in [-0.25, -0.2) is 4.98 Å². The average Bonchev–Trinajstić information content (AvgIpc) is 2.95. The third-order valence-corrected chi connectivity index (χ3v) is 5.58. The molecule has 0 spiro atoms. The van der Waals surface area contributed by atoms with Crippen molar-refractivity contribution in [3.63, 3.8) is 0 Å². The molecular formula is C18H13Cl2N3O3S. The van der Waals surface area contributed by atoms with E-state index in [0.29, 0.717) is 16.6 Å². The van der Waals surface area contributed by atoms with E-state index in [1.165, 1.54) is 23.5 Å². The van der Waals surface area contributed by atoms with E-state index in [9.17, 15) is 14.9 Å². The quantitative estimate of drug-likeness (QED) is 0.434. The Morgan fingerprint density at radius 3 is 2.63 bits per heavy atom. The number of nitro benzene ring substituents is 1. The summed E-state index contributed by atoms with van der Waals surface area (Å²) in [4.78, 5) is 28.0. The molecule has 3 rings (SSSR count). The van der Waals surface area contributed by atoms with Crippen LogP contribution in [0.3, 0.4) is 0 Å². The smallest absolute Gasteiger partial charge is 0.270 e. The second-order valence-electron chi connectivity index (χ2n) is 5.67. The number of nitrogens with zero attached hydrogens (tertiary/aromatic N) is 2. The van der Waals surface area contributed by atoms with Gasteiger partial charge in [0.15, 0.2) is 5.13 Å². The summed E-state index contributed by atoms with van der Waals surface area (Å²) in [5.74, 6) is -0.479. The van der Waals surface area contributed by atoms with Gasteiger partial charge in [-0.15, -0.1) is 11.3 Å². The molecule has 0 aliphatic rings. The number of carbonyl (C=O) groups excluding carboxylic acids is 1. The van der Waals surface area contributed by atoms with Crippen molar-refractivity contribution >= 4 is 51.3 Å². The van der Waals surface area contributed by atoms with Crippen molar-refractivity contribution in [2.24, 2.45) is 0 Å². The Bertz CT molecular complexity index is 1040. The molecule has 3 aromatic rings. The van der Waals surface area contributed by atoms with Gasteiger partial charge in [-0.3, -0.25) is 20.2 Å². The van der Waals surface area contributed by atoms with Crippen LogP contribution < -0.4 is 5.32 Å². The van der Waals surface area contributed by atoms with Crippen molar-refractivity contribution in [1.82, 2.24) is 4.98 Å². The summed E-state index contributed by atoms with van der Waals surface area (Å²) in [6.45, 7) is 1.86. The molecule has 27 heavy (non-hydrogen) atoms. The van der Waals surface area contributed by atoms with Crippen LogP contribution in [0.5, 0.6) is 0 Å². The first-order valence-corrected chi connectivity index (χ1v) is 9.37. The predicted octanol–water partition coefficient (Wildman–Crippen LogP) is 5.51. The van der Waals surface area contributed by atoms with Crippen molar-refractivity contribution in [2.75, 3.05) is 5.32 Å². The topological polar surface area (TPSA) is 85.1 Å². The second-order valence-corrected chi connectivity index (χ2v) is 7.57. The van der Waals surface area contributed by atoms with E-state index in [1.54, 1.807) is 0 Å². The van der Waals surface area contributed by atoms with Crippen LogP contribution in [-0.4, -0.2) is 15.8 Å². The van der Waals surface area contributed by atoms with Gasteiger partial charge in [0.2, 0.25) is 0 Å². The lowest BCUT2D eigenvalue weighted by Gasteiger charge is -2.04. The molecule has 0 radical (unpaired) electrons. The largest absolute Gasteiger partial charge is 0.298 e. The number of nitro groups is 1. The standard InChI is InChI=1S/C18H13Cl2N3O3S/c1-10-16(8-11-4-2-3-5-14(11)19)27-18(21-10)22-17(24)13-7-6-12(23(25)26)9-15(13)20/h2-7,9H,8H2,1H3,(H,21,22,24). The normalized spacial score (nSPS) is 10.6. The number of aryl methyl sites for hydroxylation is 1. The minimum Gasteiger partial charge on any atom is -0.298 e. The number of carbonyl (C=O) groups is 1. The summed E-state index contributed by atoms with van der Waals surface area (Å²) in [6, 6.07) is 11.2. The number of nitrogens with one attached hydrogen (secondary N) is 1. The predicted molar refractivity (Wildman–Crippen MR) is 107 cm³/mol. The van der Waals surface area contributed by atoms with Gasteiger partial charge in [-0.1, -0.05) is 41.4 Å². The molecule has 2 aromatic carbocycles. The Hall–Kier alpha value is -2.48. The molecule has 1 aromatic heterocycles. The Balaban J connectivity index is 1.78. The molecule has 0 unspecified atom stereocenters. The van der Waals surface area contributed by atoms with Gasteiger partial charge in [0.1, 0.15) is 0 Å². The molecule has 9 heteroatoms. The van der Waals surface area contributed by atoms with Gasteiger partial charge < -0.3 is 0 Å². The number of halogens is 2. The minimum absolute atomic E-state index is 0.00580. The van der Waals surface area contributed by atoms with Gasteiger partial charge in [0.05, 0.1) is 21.2 Å². The number of rotatable bonds is 5. The van der Waals surface area contributed by atoms with E-state index in [2.05, 4.69) is 10.3 Å². The zero-order valence-electron chi connectivity index (χ0n) is 14.0. The van der Waals surface area contributed by atoms with Crippen molar-refractivity contribution in [3.05, 3.63) is 84.3 Å². The summed E-state index contributed by atoms with van der Waals surface area (Å²) in [5, 5.41) is 14.6. The van der Waals surface area contributed by atoms with Crippen molar-refractivity contribution < 1.29 is 9.72 Å². The first-order chi connectivity index (χ1) is 12.8. The zero-order chi connectivity index (χ0) is 19.6. The summed E-state index contributed by atoms with van der Waals surface area (Å²) >= 11 is 13.5. The number of hydrogen-bond acceptors (Lipinski definition) is 5. The molecule has 138 valence electrons. The minimum atomic E-state index is -0.571. The molecule has 0 atom stereocenters. The summed E-state index contributed by atoms with van der Waals surface area (Å²) < 4.78 is 0. The fourth-order valence-electron chi connectivity index (χ4n) is 2.43. The molecule has 1 amide bonds. The van der Waals surface area contributed by atoms with Crippen LogP contribution >= 0.6 is 34.5 Å². The molecule has 0 saturated carbocycles. The van der Waals surface area contributed by atoms with Crippen LogP contribution in [0.15, 0.2) is 42.5 Å². The Kier molecular flexibility index (Phi) is 5.74. The van der Waals surface area contributed by atoms with Gasteiger partial charge in [-0.05, 0) is 24.6 Å². The maximum atomic E-state index is 12.4. The van der Waals surface area contributed by atoms with E-state index in [-0.39, 0.29) is 16.3 Å².